The number of aromatic nitrogens is 1. The van der Waals surface area contributed by atoms with Crippen LogP contribution in [0.3, 0.4) is 0 Å². The van der Waals surface area contributed by atoms with Crippen LogP contribution in [0.25, 0.3) is 10.8 Å². The Hall–Kier alpha value is -1.22. The van der Waals surface area contributed by atoms with E-state index < -0.39 is 7.60 Å². The van der Waals surface area contributed by atoms with Gasteiger partial charge in [0.05, 0.1) is 19.4 Å². The number of benzene rings is 1. The Balaban J connectivity index is 2.26. The maximum absolute atomic E-state index is 12.5. The molecule has 5 heteroatoms. The first-order chi connectivity index (χ1) is 9.17. The Bertz CT molecular complexity index is 590. The quantitative estimate of drug-likeness (QED) is 0.750. The van der Waals surface area contributed by atoms with Gasteiger partial charge in [0.25, 0.3) is 0 Å². The highest BCUT2D eigenvalue weighted by Crippen LogP contribution is 2.51. The van der Waals surface area contributed by atoms with Crippen molar-refractivity contribution in [1.82, 2.24) is 4.98 Å². The van der Waals surface area contributed by atoms with Crippen molar-refractivity contribution in [3.63, 3.8) is 0 Å². The van der Waals surface area contributed by atoms with Crippen LogP contribution in [0, 0.1) is 0 Å². The van der Waals surface area contributed by atoms with Crippen molar-refractivity contribution in [2.75, 3.05) is 13.2 Å². The van der Waals surface area contributed by atoms with Gasteiger partial charge in [-0.1, -0.05) is 18.2 Å². The molecular formula is C14H18NO3P. The Morgan fingerprint density at radius 1 is 1.11 bits per heavy atom. The van der Waals surface area contributed by atoms with Gasteiger partial charge in [-0.2, -0.15) is 0 Å². The van der Waals surface area contributed by atoms with E-state index in [1.807, 2.05) is 44.3 Å². The second-order valence-electron chi connectivity index (χ2n) is 4.16. The summed E-state index contributed by atoms with van der Waals surface area (Å²) in [5.74, 6) is 0. The number of nitrogens with zero attached hydrogens (tertiary/aromatic N) is 1. The number of hydrogen-bond acceptors (Lipinski definition) is 4. The van der Waals surface area contributed by atoms with Gasteiger partial charge in [-0.05, 0) is 30.9 Å². The molecule has 19 heavy (non-hydrogen) atoms. The topological polar surface area (TPSA) is 48.4 Å². The molecule has 4 nitrogen and oxygen atoms in total. The van der Waals surface area contributed by atoms with E-state index in [1.165, 1.54) is 0 Å². The highest BCUT2D eigenvalue weighted by Gasteiger charge is 2.23. The van der Waals surface area contributed by atoms with Gasteiger partial charge in [-0.15, -0.1) is 0 Å². The number of hydrogen-bond donors (Lipinski definition) is 0. The predicted octanol–water partition coefficient (Wildman–Crippen LogP) is 4.00. The Morgan fingerprint density at radius 2 is 1.84 bits per heavy atom. The Labute approximate surface area is 113 Å². The smallest absolute Gasteiger partial charge is 0.309 e. The molecular weight excluding hydrogens is 261 g/mol. The zero-order valence-corrected chi connectivity index (χ0v) is 12.1. The van der Waals surface area contributed by atoms with E-state index in [-0.39, 0.29) is 0 Å². The number of fused-ring (bicyclic) bond motifs is 1. The SMILES string of the molecule is CCOP(=O)(Cc1ccc2cnccc2c1)OCC. The summed E-state index contributed by atoms with van der Waals surface area (Å²) in [4.78, 5) is 4.07. The molecule has 0 saturated carbocycles. The fourth-order valence-electron chi connectivity index (χ4n) is 1.98. The second-order valence-corrected chi connectivity index (χ2v) is 6.22. The zero-order valence-electron chi connectivity index (χ0n) is 11.2. The molecule has 0 saturated heterocycles. The van der Waals surface area contributed by atoms with Crippen LogP contribution in [-0.2, 0) is 19.8 Å². The molecule has 0 aliphatic carbocycles. The van der Waals surface area contributed by atoms with Crippen molar-refractivity contribution in [1.29, 1.82) is 0 Å². The third-order valence-electron chi connectivity index (χ3n) is 2.73. The summed E-state index contributed by atoms with van der Waals surface area (Å²) in [5, 5.41) is 2.14. The molecule has 0 atom stereocenters. The van der Waals surface area contributed by atoms with Crippen LogP contribution in [0.5, 0.6) is 0 Å². The summed E-state index contributed by atoms with van der Waals surface area (Å²) in [6.07, 6.45) is 3.85. The van der Waals surface area contributed by atoms with Gasteiger partial charge in [0, 0.05) is 17.8 Å². The lowest BCUT2D eigenvalue weighted by molar-refractivity contribution is 0.219. The summed E-state index contributed by atoms with van der Waals surface area (Å²) in [6.45, 7) is 4.40. The lowest BCUT2D eigenvalue weighted by Gasteiger charge is -2.17. The highest BCUT2D eigenvalue weighted by atomic mass is 31.2. The standard InChI is InChI=1S/C14H18NO3P/c1-3-17-19(16,18-4-2)11-12-5-6-14-10-15-8-7-13(14)9-12/h5-10H,3-4,11H2,1-2H3. The lowest BCUT2D eigenvalue weighted by Crippen LogP contribution is -1.99. The second kappa shape index (κ2) is 6.29. The molecule has 0 radical (unpaired) electrons. The van der Waals surface area contributed by atoms with Gasteiger partial charge in [0.15, 0.2) is 0 Å². The van der Waals surface area contributed by atoms with Gasteiger partial charge in [0.2, 0.25) is 0 Å². The minimum absolute atomic E-state index is 0.299. The monoisotopic (exact) mass is 279 g/mol. The number of rotatable bonds is 6. The Kier molecular flexibility index (Phi) is 4.70. The summed E-state index contributed by atoms with van der Waals surface area (Å²) >= 11 is 0. The van der Waals surface area contributed by atoms with Crippen molar-refractivity contribution < 1.29 is 13.6 Å². The van der Waals surface area contributed by atoms with Gasteiger partial charge < -0.3 is 9.05 Å². The van der Waals surface area contributed by atoms with E-state index in [0.717, 1.165) is 16.3 Å². The van der Waals surface area contributed by atoms with Crippen LogP contribution in [-0.4, -0.2) is 18.2 Å². The molecule has 1 aromatic heterocycles. The van der Waals surface area contributed by atoms with Crippen LogP contribution in [0.2, 0.25) is 0 Å². The maximum Gasteiger partial charge on any atom is 0.335 e. The van der Waals surface area contributed by atoms with E-state index in [4.69, 9.17) is 9.05 Å². The average Bonchev–Trinajstić information content (AvgIpc) is 2.39. The molecule has 2 rings (SSSR count). The van der Waals surface area contributed by atoms with Crippen molar-refractivity contribution >= 4 is 18.4 Å². The van der Waals surface area contributed by atoms with Crippen LogP contribution < -0.4 is 0 Å². The fraction of sp³-hybridized carbons (Fsp3) is 0.357. The van der Waals surface area contributed by atoms with E-state index in [9.17, 15) is 4.57 Å². The molecule has 0 fully saturated rings. The molecule has 0 unspecified atom stereocenters. The summed E-state index contributed by atoms with van der Waals surface area (Å²) < 4.78 is 23.1. The number of pyridine rings is 1. The summed E-state index contributed by atoms with van der Waals surface area (Å²) in [7, 11) is -3.03. The van der Waals surface area contributed by atoms with Crippen molar-refractivity contribution in [3.8, 4) is 0 Å². The normalized spacial score (nSPS) is 11.9. The molecule has 0 aliphatic heterocycles. The van der Waals surface area contributed by atoms with Gasteiger partial charge in [-0.25, -0.2) is 0 Å². The van der Waals surface area contributed by atoms with E-state index >= 15 is 0 Å². The van der Waals surface area contributed by atoms with Crippen molar-refractivity contribution in [3.05, 3.63) is 42.2 Å². The molecule has 0 N–H and O–H groups in total. The predicted molar refractivity (Wildman–Crippen MR) is 76.3 cm³/mol. The molecule has 2 aromatic rings. The fourth-order valence-corrected chi connectivity index (χ4v) is 3.66. The third kappa shape index (κ3) is 3.63. The molecule has 0 spiro atoms. The first kappa shape index (κ1) is 14.2. The lowest BCUT2D eigenvalue weighted by atomic mass is 10.1. The highest BCUT2D eigenvalue weighted by molar-refractivity contribution is 7.53. The average molecular weight is 279 g/mol. The maximum atomic E-state index is 12.5. The summed E-state index contributed by atoms with van der Waals surface area (Å²) in [5.41, 5.74) is 0.948. The largest absolute Gasteiger partial charge is 0.335 e. The molecule has 1 aromatic carbocycles. The molecule has 102 valence electrons. The van der Waals surface area contributed by atoms with Crippen LogP contribution >= 0.6 is 7.60 Å². The minimum atomic E-state index is -3.03. The molecule has 1 heterocycles. The van der Waals surface area contributed by atoms with Crippen LogP contribution in [0.4, 0.5) is 0 Å². The first-order valence-corrected chi connectivity index (χ1v) is 8.10. The Morgan fingerprint density at radius 3 is 2.53 bits per heavy atom. The van der Waals surface area contributed by atoms with Gasteiger partial charge in [0.1, 0.15) is 0 Å². The first-order valence-electron chi connectivity index (χ1n) is 6.37. The van der Waals surface area contributed by atoms with Gasteiger partial charge >= 0.3 is 7.60 Å². The molecule has 0 amide bonds. The van der Waals surface area contributed by atoms with E-state index in [2.05, 4.69) is 4.98 Å². The molecule has 0 aliphatic rings. The van der Waals surface area contributed by atoms with E-state index in [0.29, 0.717) is 19.4 Å². The van der Waals surface area contributed by atoms with Gasteiger partial charge in [-0.3, -0.25) is 9.55 Å². The third-order valence-corrected chi connectivity index (χ3v) is 4.79. The van der Waals surface area contributed by atoms with Crippen molar-refractivity contribution in [2.45, 2.75) is 20.0 Å². The molecule has 0 bridgehead atoms. The minimum Gasteiger partial charge on any atom is -0.309 e. The van der Waals surface area contributed by atoms with Crippen LogP contribution in [0.1, 0.15) is 19.4 Å². The van der Waals surface area contributed by atoms with E-state index in [1.54, 1.807) is 6.20 Å². The summed E-state index contributed by atoms with van der Waals surface area (Å²) in [6, 6.07) is 7.85. The van der Waals surface area contributed by atoms with Crippen molar-refractivity contribution in [2.24, 2.45) is 0 Å². The zero-order chi connectivity index (χ0) is 13.7. The van der Waals surface area contributed by atoms with Crippen LogP contribution in [0.15, 0.2) is 36.7 Å².